The van der Waals surface area contributed by atoms with Crippen molar-refractivity contribution in [3.05, 3.63) is 42.0 Å². The minimum absolute atomic E-state index is 0.333. The summed E-state index contributed by atoms with van der Waals surface area (Å²) in [6.45, 7) is 1.71. The smallest absolute Gasteiger partial charge is 0.249 e. The lowest BCUT2D eigenvalue weighted by Crippen LogP contribution is -2.24. The molecule has 1 unspecified atom stereocenters. The molecule has 0 aromatic heterocycles. The van der Waals surface area contributed by atoms with Crippen LogP contribution in [0.15, 0.2) is 36.4 Å². The predicted molar refractivity (Wildman–Crippen MR) is 54.6 cm³/mol. The first-order valence-electron chi connectivity index (χ1n) is 4.41. The number of carbonyl (C=O) groups excluding carboxylic acids is 1. The van der Waals surface area contributed by atoms with Gasteiger partial charge in [-0.15, -0.1) is 0 Å². The van der Waals surface area contributed by atoms with Crippen LogP contribution in [0.3, 0.4) is 0 Å². The Balaban J connectivity index is 2.60. The summed E-state index contributed by atoms with van der Waals surface area (Å²) in [7, 11) is 0. The monoisotopic (exact) mass is 191 g/mol. The van der Waals surface area contributed by atoms with E-state index in [2.05, 4.69) is 0 Å². The second-order valence-electron chi connectivity index (χ2n) is 3.03. The van der Waals surface area contributed by atoms with E-state index in [1.54, 1.807) is 18.5 Å². The summed E-state index contributed by atoms with van der Waals surface area (Å²) in [5.41, 5.74) is 2.64. The van der Waals surface area contributed by atoms with Gasteiger partial charge in [0.15, 0.2) is 0 Å². The van der Waals surface area contributed by atoms with Gasteiger partial charge in [-0.1, -0.05) is 49.4 Å². The molecule has 3 heteroatoms. The largest absolute Gasteiger partial charge is 0.289 e. The van der Waals surface area contributed by atoms with Crippen LogP contribution in [0.1, 0.15) is 12.5 Å². The van der Waals surface area contributed by atoms with Crippen LogP contribution in [0.5, 0.6) is 0 Å². The Morgan fingerprint density at radius 3 is 2.64 bits per heavy atom. The number of hydroxylamine groups is 1. The van der Waals surface area contributed by atoms with E-state index in [4.69, 9.17) is 5.21 Å². The molecule has 1 atom stereocenters. The van der Waals surface area contributed by atoms with Crippen LogP contribution in [0.25, 0.3) is 6.08 Å². The van der Waals surface area contributed by atoms with Crippen molar-refractivity contribution in [1.29, 1.82) is 0 Å². The Labute approximate surface area is 83.0 Å². The molecular weight excluding hydrogens is 178 g/mol. The summed E-state index contributed by atoms with van der Waals surface area (Å²) in [6.07, 6.45) is 3.58. The van der Waals surface area contributed by atoms with E-state index < -0.39 is 5.91 Å². The molecule has 1 amide bonds. The molecule has 0 radical (unpaired) electrons. The van der Waals surface area contributed by atoms with E-state index in [-0.39, 0.29) is 5.92 Å². The molecule has 14 heavy (non-hydrogen) atoms. The van der Waals surface area contributed by atoms with E-state index >= 15 is 0 Å². The molecule has 1 aromatic carbocycles. The lowest BCUT2D eigenvalue weighted by atomic mass is 10.1. The Hall–Kier alpha value is -1.61. The van der Waals surface area contributed by atoms with Gasteiger partial charge < -0.3 is 0 Å². The molecule has 1 rings (SSSR count). The molecule has 0 aliphatic carbocycles. The van der Waals surface area contributed by atoms with Crippen LogP contribution in [0.2, 0.25) is 0 Å². The lowest BCUT2D eigenvalue weighted by molar-refractivity contribution is -0.131. The van der Waals surface area contributed by atoms with Gasteiger partial charge in [0.1, 0.15) is 0 Å². The average molecular weight is 191 g/mol. The number of nitrogens with one attached hydrogen (secondary N) is 1. The highest BCUT2D eigenvalue weighted by atomic mass is 16.5. The normalized spacial score (nSPS) is 12.7. The third-order valence-corrected chi connectivity index (χ3v) is 1.90. The number of amides is 1. The zero-order valence-electron chi connectivity index (χ0n) is 7.97. The van der Waals surface area contributed by atoms with Crippen LogP contribution in [0, 0.1) is 5.92 Å². The van der Waals surface area contributed by atoms with Gasteiger partial charge in [-0.05, 0) is 5.56 Å². The van der Waals surface area contributed by atoms with E-state index in [9.17, 15) is 4.79 Å². The van der Waals surface area contributed by atoms with Gasteiger partial charge in [-0.2, -0.15) is 0 Å². The number of hydrogen-bond acceptors (Lipinski definition) is 2. The van der Waals surface area contributed by atoms with E-state index in [0.717, 1.165) is 5.56 Å². The number of carbonyl (C=O) groups is 1. The fourth-order valence-electron chi connectivity index (χ4n) is 1.01. The SMILES string of the molecule is CC(/C=C/c1ccccc1)C(=O)NO. The maximum absolute atomic E-state index is 10.9. The van der Waals surface area contributed by atoms with E-state index in [1.807, 2.05) is 36.4 Å². The molecule has 0 fully saturated rings. The van der Waals surface area contributed by atoms with Gasteiger partial charge >= 0.3 is 0 Å². The Morgan fingerprint density at radius 2 is 2.07 bits per heavy atom. The Kier molecular flexibility index (Phi) is 3.88. The molecule has 0 aliphatic rings. The van der Waals surface area contributed by atoms with Crippen molar-refractivity contribution in [3.63, 3.8) is 0 Å². The van der Waals surface area contributed by atoms with Crippen molar-refractivity contribution in [2.75, 3.05) is 0 Å². The molecule has 0 bridgehead atoms. The first kappa shape index (κ1) is 10.5. The first-order valence-corrected chi connectivity index (χ1v) is 4.41. The quantitative estimate of drug-likeness (QED) is 0.565. The van der Waals surface area contributed by atoms with Crippen molar-refractivity contribution in [1.82, 2.24) is 5.48 Å². The van der Waals surface area contributed by atoms with Crippen molar-refractivity contribution in [3.8, 4) is 0 Å². The second kappa shape index (κ2) is 5.19. The molecule has 0 heterocycles. The Bertz CT molecular complexity index is 319. The van der Waals surface area contributed by atoms with Gasteiger partial charge in [0.05, 0.1) is 5.92 Å². The third kappa shape index (κ3) is 3.03. The van der Waals surface area contributed by atoms with Crippen molar-refractivity contribution in [2.45, 2.75) is 6.92 Å². The highest BCUT2D eigenvalue weighted by Crippen LogP contribution is 2.05. The standard InChI is InChI=1S/C11H13NO2/c1-9(11(13)12-14)7-8-10-5-3-2-4-6-10/h2-9,14H,1H3,(H,12,13)/b8-7+. The van der Waals surface area contributed by atoms with E-state index in [1.165, 1.54) is 0 Å². The summed E-state index contributed by atoms with van der Waals surface area (Å²) in [5, 5.41) is 8.37. The van der Waals surface area contributed by atoms with Gasteiger partial charge in [0.25, 0.3) is 0 Å². The van der Waals surface area contributed by atoms with Crippen LogP contribution < -0.4 is 5.48 Å². The molecule has 0 spiro atoms. The van der Waals surface area contributed by atoms with E-state index in [0.29, 0.717) is 0 Å². The van der Waals surface area contributed by atoms with Gasteiger partial charge in [-0.25, -0.2) is 5.48 Å². The highest BCUT2D eigenvalue weighted by molar-refractivity contribution is 5.79. The second-order valence-corrected chi connectivity index (χ2v) is 3.03. The number of hydrogen-bond donors (Lipinski definition) is 2. The topological polar surface area (TPSA) is 49.3 Å². The molecule has 0 saturated heterocycles. The summed E-state index contributed by atoms with van der Waals surface area (Å²) in [6, 6.07) is 9.67. The summed E-state index contributed by atoms with van der Waals surface area (Å²) in [4.78, 5) is 10.9. The fourth-order valence-corrected chi connectivity index (χ4v) is 1.01. The van der Waals surface area contributed by atoms with Gasteiger partial charge in [0, 0.05) is 0 Å². The zero-order chi connectivity index (χ0) is 10.4. The predicted octanol–water partition coefficient (Wildman–Crippen LogP) is 1.84. The first-order chi connectivity index (χ1) is 6.74. The number of rotatable bonds is 3. The van der Waals surface area contributed by atoms with Crippen LogP contribution in [-0.2, 0) is 4.79 Å². The lowest BCUT2D eigenvalue weighted by Gasteiger charge is -2.01. The average Bonchev–Trinajstić information content (AvgIpc) is 2.26. The molecule has 0 aliphatic heterocycles. The summed E-state index contributed by atoms with van der Waals surface area (Å²) < 4.78 is 0. The minimum Gasteiger partial charge on any atom is -0.289 e. The van der Waals surface area contributed by atoms with Crippen LogP contribution in [0.4, 0.5) is 0 Å². The molecule has 74 valence electrons. The van der Waals surface area contributed by atoms with Crippen molar-refractivity contribution < 1.29 is 10.0 Å². The highest BCUT2D eigenvalue weighted by Gasteiger charge is 2.06. The third-order valence-electron chi connectivity index (χ3n) is 1.90. The molecule has 2 N–H and O–H groups in total. The molecule has 3 nitrogen and oxygen atoms in total. The zero-order valence-corrected chi connectivity index (χ0v) is 7.97. The molecule has 1 aromatic rings. The maximum Gasteiger partial charge on any atom is 0.249 e. The molecule has 0 saturated carbocycles. The maximum atomic E-state index is 10.9. The fraction of sp³-hybridized carbons (Fsp3) is 0.182. The summed E-state index contributed by atoms with van der Waals surface area (Å²) >= 11 is 0. The Morgan fingerprint density at radius 1 is 1.43 bits per heavy atom. The summed E-state index contributed by atoms with van der Waals surface area (Å²) in [5.74, 6) is -0.739. The van der Waals surface area contributed by atoms with Gasteiger partial charge in [-0.3, -0.25) is 10.0 Å². The molecular formula is C11H13NO2. The van der Waals surface area contributed by atoms with Crippen LogP contribution >= 0.6 is 0 Å². The van der Waals surface area contributed by atoms with Gasteiger partial charge in [0.2, 0.25) is 5.91 Å². The van der Waals surface area contributed by atoms with Crippen molar-refractivity contribution >= 4 is 12.0 Å². The minimum atomic E-state index is -0.405. The van der Waals surface area contributed by atoms with Crippen LogP contribution in [-0.4, -0.2) is 11.1 Å². The number of benzene rings is 1. The van der Waals surface area contributed by atoms with Crippen molar-refractivity contribution in [2.24, 2.45) is 5.92 Å².